The average molecular weight is 272 g/mol. The van der Waals surface area contributed by atoms with Crippen LogP contribution in [-0.2, 0) is 9.84 Å². The molecule has 0 aromatic heterocycles. The Bertz CT molecular complexity index is 627. The Kier molecular flexibility index (Phi) is 3.04. The molecule has 2 rings (SSSR count). The van der Waals surface area contributed by atoms with Gasteiger partial charge in [-0.05, 0) is 12.1 Å². The van der Waals surface area contributed by atoms with Crippen LogP contribution in [-0.4, -0.2) is 25.1 Å². The minimum Gasteiger partial charge on any atom is -0.372 e. The van der Waals surface area contributed by atoms with Crippen molar-refractivity contribution in [2.75, 3.05) is 11.1 Å². The minimum atomic E-state index is -3.24. The summed E-state index contributed by atoms with van der Waals surface area (Å²) in [6.45, 7) is 0. The molecule has 1 aliphatic rings. The van der Waals surface area contributed by atoms with E-state index in [4.69, 9.17) is 0 Å². The van der Waals surface area contributed by atoms with Gasteiger partial charge in [0.2, 0.25) is 0 Å². The summed E-state index contributed by atoms with van der Waals surface area (Å²) >= 11 is 0. The summed E-state index contributed by atoms with van der Waals surface area (Å²) in [5, 5.41) is 14.5. The summed E-state index contributed by atoms with van der Waals surface area (Å²) in [6, 6.07) is 2.53. The maximum absolute atomic E-state index is 12.9. The van der Waals surface area contributed by atoms with Crippen LogP contribution in [0.3, 0.4) is 0 Å². The Morgan fingerprint density at radius 2 is 2.17 bits per heavy atom. The number of nitro groups is 1. The molecule has 0 amide bonds. The van der Waals surface area contributed by atoms with E-state index in [2.05, 4.69) is 5.32 Å². The molecule has 1 aliphatic heterocycles. The number of benzene rings is 1. The maximum Gasteiger partial charge on any atom is 0.295 e. The zero-order valence-corrected chi connectivity index (χ0v) is 9.85. The Hall–Kier alpha value is -1.96. The first-order valence-electron chi connectivity index (χ1n) is 4.99. The molecule has 1 unspecified atom stereocenters. The zero-order chi connectivity index (χ0) is 13.3. The second-order valence-electron chi connectivity index (χ2n) is 3.83. The molecule has 0 fully saturated rings. The number of nitrogens with one attached hydrogen (secondary N) is 1. The highest BCUT2D eigenvalue weighted by atomic mass is 32.2. The van der Waals surface area contributed by atoms with Crippen molar-refractivity contribution in [3.8, 4) is 0 Å². The van der Waals surface area contributed by atoms with E-state index in [1.807, 2.05) is 0 Å². The molecule has 1 aromatic carbocycles. The SMILES string of the molecule is O=[N+]([O-])c1cc(F)ccc1NC1C=CS(=O)(=O)C1. The highest BCUT2D eigenvalue weighted by Gasteiger charge is 2.24. The van der Waals surface area contributed by atoms with Crippen LogP contribution in [0.15, 0.2) is 29.7 Å². The standard InChI is InChI=1S/C10H9FN2O4S/c11-7-1-2-9(10(5-7)13(14)15)12-8-3-4-18(16,17)6-8/h1-5,8,12H,6H2. The monoisotopic (exact) mass is 272 g/mol. The normalized spacial score (nSPS) is 20.8. The molecule has 0 bridgehead atoms. The summed E-state index contributed by atoms with van der Waals surface area (Å²) in [6.07, 6.45) is 1.41. The quantitative estimate of drug-likeness (QED) is 0.664. The van der Waals surface area contributed by atoms with Crippen molar-refractivity contribution in [2.24, 2.45) is 0 Å². The number of hydrogen-bond acceptors (Lipinski definition) is 5. The summed E-state index contributed by atoms with van der Waals surface area (Å²) < 4.78 is 35.3. The Morgan fingerprint density at radius 1 is 1.44 bits per heavy atom. The molecule has 0 saturated heterocycles. The molecule has 96 valence electrons. The van der Waals surface area contributed by atoms with Gasteiger partial charge in [-0.25, -0.2) is 12.8 Å². The van der Waals surface area contributed by atoms with Crippen molar-refractivity contribution in [2.45, 2.75) is 6.04 Å². The third kappa shape index (κ3) is 2.65. The van der Waals surface area contributed by atoms with Crippen LogP contribution >= 0.6 is 0 Å². The topological polar surface area (TPSA) is 89.3 Å². The molecular formula is C10H9FN2O4S. The van der Waals surface area contributed by atoms with E-state index in [0.717, 1.165) is 17.5 Å². The van der Waals surface area contributed by atoms with E-state index in [1.54, 1.807) is 0 Å². The second kappa shape index (κ2) is 4.37. The number of nitro benzene ring substituents is 1. The molecule has 1 aromatic rings. The minimum absolute atomic E-state index is 0.0909. The first kappa shape index (κ1) is 12.5. The fraction of sp³-hybridized carbons (Fsp3) is 0.200. The number of sulfone groups is 1. The molecule has 0 spiro atoms. The lowest BCUT2D eigenvalue weighted by Crippen LogP contribution is -2.21. The summed E-state index contributed by atoms with van der Waals surface area (Å²) in [5.74, 6) is -0.886. The van der Waals surface area contributed by atoms with Gasteiger partial charge in [0.1, 0.15) is 11.5 Å². The van der Waals surface area contributed by atoms with Crippen LogP contribution in [0.5, 0.6) is 0 Å². The Labute approximate surface area is 102 Å². The lowest BCUT2D eigenvalue weighted by Gasteiger charge is -2.11. The molecule has 0 aliphatic carbocycles. The molecule has 1 N–H and O–H groups in total. The van der Waals surface area contributed by atoms with Gasteiger partial charge in [-0.1, -0.05) is 6.08 Å². The smallest absolute Gasteiger partial charge is 0.295 e. The number of rotatable bonds is 3. The molecule has 18 heavy (non-hydrogen) atoms. The van der Waals surface area contributed by atoms with Gasteiger partial charge in [0.15, 0.2) is 9.84 Å². The van der Waals surface area contributed by atoms with E-state index in [-0.39, 0.29) is 11.4 Å². The van der Waals surface area contributed by atoms with Gasteiger partial charge >= 0.3 is 0 Å². The lowest BCUT2D eigenvalue weighted by atomic mass is 10.2. The summed E-state index contributed by atoms with van der Waals surface area (Å²) in [5.41, 5.74) is -0.333. The first-order chi connectivity index (χ1) is 8.37. The van der Waals surface area contributed by atoms with Crippen molar-refractivity contribution < 1.29 is 17.7 Å². The van der Waals surface area contributed by atoms with Crippen LogP contribution in [0.4, 0.5) is 15.8 Å². The van der Waals surface area contributed by atoms with Gasteiger partial charge in [-0.3, -0.25) is 10.1 Å². The van der Waals surface area contributed by atoms with Crippen LogP contribution in [0.1, 0.15) is 0 Å². The number of halogens is 1. The predicted octanol–water partition coefficient (Wildman–Crippen LogP) is 1.46. The fourth-order valence-corrected chi connectivity index (χ4v) is 2.88. The van der Waals surface area contributed by atoms with Gasteiger partial charge < -0.3 is 5.32 Å². The molecule has 8 heteroatoms. The van der Waals surface area contributed by atoms with Crippen molar-refractivity contribution >= 4 is 21.2 Å². The van der Waals surface area contributed by atoms with Crippen LogP contribution < -0.4 is 5.32 Å². The van der Waals surface area contributed by atoms with Crippen LogP contribution in [0.25, 0.3) is 0 Å². The highest BCUT2D eigenvalue weighted by Crippen LogP contribution is 2.26. The van der Waals surface area contributed by atoms with Gasteiger partial charge in [0, 0.05) is 5.41 Å². The summed E-state index contributed by atoms with van der Waals surface area (Å²) in [4.78, 5) is 10.0. The maximum atomic E-state index is 12.9. The molecule has 0 saturated carbocycles. The average Bonchev–Trinajstić information content (AvgIpc) is 2.60. The van der Waals surface area contributed by atoms with Crippen molar-refractivity contribution in [1.82, 2.24) is 0 Å². The number of nitrogens with zero attached hydrogens (tertiary/aromatic N) is 1. The molecule has 1 heterocycles. The molecule has 0 radical (unpaired) electrons. The lowest BCUT2D eigenvalue weighted by molar-refractivity contribution is -0.384. The fourth-order valence-electron chi connectivity index (χ4n) is 1.64. The van der Waals surface area contributed by atoms with Crippen molar-refractivity contribution in [3.05, 3.63) is 45.6 Å². The Morgan fingerprint density at radius 3 is 2.72 bits per heavy atom. The second-order valence-corrected chi connectivity index (χ2v) is 5.76. The first-order valence-corrected chi connectivity index (χ1v) is 6.70. The van der Waals surface area contributed by atoms with E-state index in [9.17, 15) is 22.9 Å². The van der Waals surface area contributed by atoms with Crippen LogP contribution in [0.2, 0.25) is 0 Å². The van der Waals surface area contributed by atoms with E-state index in [0.29, 0.717) is 0 Å². The third-order valence-electron chi connectivity index (χ3n) is 2.43. The predicted molar refractivity (Wildman–Crippen MR) is 63.4 cm³/mol. The molecule has 6 nitrogen and oxygen atoms in total. The van der Waals surface area contributed by atoms with Gasteiger partial charge in [-0.15, -0.1) is 0 Å². The number of anilines is 1. The van der Waals surface area contributed by atoms with Gasteiger partial charge in [-0.2, -0.15) is 0 Å². The largest absolute Gasteiger partial charge is 0.372 e. The van der Waals surface area contributed by atoms with E-state index >= 15 is 0 Å². The highest BCUT2D eigenvalue weighted by molar-refractivity contribution is 7.94. The third-order valence-corrected chi connectivity index (χ3v) is 3.82. The molecule has 1 atom stereocenters. The van der Waals surface area contributed by atoms with Crippen molar-refractivity contribution in [3.63, 3.8) is 0 Å². The van der Waals surface area contributed by atoms with Crippen LogP contribution in [0, 0.1) is 15.9 Å². The van der Waals surface area contributed by atoms with Crippen molar-refractivity contribution in [1.29, 1.82) is 0 Å². The Balaban J connectivity index is 2.25. The number of hydrogen-bond donors (Lipinski definition) is 1. The van der Waals surface area contributed by atoms with Gasteiger partial charge in [0.05, 0.1) is 22.8 Å². The molecular weight excluding hydrogens is 263 g/mol. The van der Waals surface area contributed by atoms with Gasteiger partial charge in [0.25, 0.3) is 5.69 Å². The van der Waals surface area contributed by atoms with E-state index < -0.39 is 32.3 Å². The zero-order valence-electron chi connectivity index (χ0n) is 9.04. The summed E-state index contributed by atoms with van der Waals surface area (Å²) in [7, 11) is -3.24. The van der Waals surface area contributed by atoms with E-state index in [1.165, 1.54) is 12.1 Å².